The van der Waals surface area contributed by atoms with Crippen molar-refractivity contribution < 1.29 is 15.1 Å². The fourth-order valence-corrected chi connectivity index (χ4v) is 2.74. The van der Waals surface area contributed by atoms with Crippen molar-refractivity contribution in [2.45, 2.75) is 32.0 Å². The molecule has 4 N–H and O–H groups in total. The van der Waals surface area contributed by atoms with E-state index in [4.69, 9.17) is 5.21 Å². The first-order valence-corrected chi connectivity index (χ1v) is 8.45. The van der Waals surface area contributed by atoms with Gasteiger partial charge in [0.05, 0.1) is 6.10 Å². The first kappa shape index (κ1) is 18.6. The van der Waals surface area contributed by atoms with E-state index in [-0.39, 0.29) is 6.04 Å². The van der Waals surface area contributed by atoms with Gasteiger partial charge in [-0.05, 0) is 42.7 Å². The van der Waals surface area contributed by atoms with Crippen LogP contribution in [0.15, 0.2) is 53.0 Å². The fraction of sp³-hybridized carbons (Fsp3) is 0.278. The Kier molecular flexibility index (Phi) is 6.51. The molecule has 0 bridgehead atoms. The zero-order valence-corrected chi connectivity index (χ0v) is 15.1. The summed E-state index contributed by atoms with van der Waals surface area (Å²) >= 11 is 3.42. The fourth-order valence-electron chi connectivity index (χ4n) is 2.48. The second-order valence-corrected chi connectivity index (χ2v) is 6.63. The number of hydrogen-bond acceptors (Lipinski definition) is 4. The van der Waals surface area contributed by atoms with E-state index in [1.165, 1.54) is 6.92 Å². The Labute approximate surface area is 149 Å². The number of hydroxylamine groups is 1. The highest BCUT2D eigenvalue weighted by atomic mass is 79.9. The number of halogens is 1. The number of hydrogen-bond donors (Lipinski definition) is 4. The van der Waals surface area contributed by atoms with Gasteiger partial charge in [-0.25, -0.2) is 5.48 Å². The van der Waals surface area contributed by atoms with Crippen LogP contribution in [0.4, 0.5) is 0 Å². The summed E-state index contributed by atoms with van der Waals surface area (Å²) in [7, 11) is 0. The van der Waals surface area contributed by atoms with E-state index in [1.54, 1.807) is 5.48 Å². The normalized spacial score (nSPS) is 14.7. The summed E-state index contributed by atoms with van der Waals surface area (Å²) in [6, 6.07) is 15.0. The topological polar surface area (TPSA) is 81.6 Å². The molecule has 1 amide bonds. The summed E-state index contributed by atoms with van der Waals surface area (Å²) in [4.78, 5) is 11.6. The van der Waals surface area contributed by atoms with Crippen molar-refractivity contribution >= 4 is 21.8 Å². The van der Waals surface area contributed by atoms with Crippen LogP contribution in [0.5, 0.6) is 0 Å². The lowest BCUT2D eigenvalue weighted by Gasteiger charge is -2.24. The van der Waals surface area contributed by atoms with Gasteiger partial charge in [0, 0.05) is 10.5 Å². The van der Waals surface area contributed by atoms with E-state index >= 15 is 0 Å². The molecule has 0 aromatic heterocycles. The van der Waals surface area contributed by atoms with Crippen molar-refractivity contribution in [3.8, 4) is 11.1 Å². The average molecular weight is 393 g/mol. The highest BCUT2D eigenvalue weighted by molar-refractivity contribution is 9.10. The number of aliphatic hydroxyl groups is 1. The summed E-state index contributed by atoms with van der Waals surface area (Å²) in [6.07, 6.45) is -0.929. The summed E-state index contributed by atoms with van der Waals surface area (Å²) in [5.74, 6) is -0.664. The van der Waals surface area contributed by atoms with Crippen molar-refractivity contribution in [1.29, 1.82) is 0 Å². The number of aliphatic hydroxyl groups excluding tert-OH is 1. The summed E-state index contributed by atoms with van der Waals surface area (Å²) in [6.45, 7) is 3.39. The molecule has 0 radical (unpaired) electrons. The number of rotatable bonds is 6. The Balaban J connectivity index is 2.11. The quantitative estimate of drug-likeness (QED) is 0.449. The molecule has 3 atom stereocenters. The van der Waals surface area contributed by atoms with Crippen molar-refractivity contribution in [2.75, 3.05) is 0 Å². The maximum absolute atomic E-state index is 11.6. The van der Waals surface area contributed by atoms with Crippen LogP contribution in [0.1, 0.15) is 25.5 Å². The minimum atomic E-state index is -0.929. The van der Waals surface area contributed by atoms with Gasteiger partial charge >= 0.3 is 0 Å². The molecule has 2 aromatic carbocycles. The van der Waals surface area contributed by atoms with Gasteiger partial charge in [0.25, 0.3) is 5.91 Å². The molecule has 0 aliphatic carbocycles. The van der Waals surface area contributed by atoms with Crippen molar-refractivity contribution in [1.82, 2.24) is 10.8 Å². The van der Waals surface area contributed by atoms with Gasteiger partial charge in [0.1, 0.15) is 6.04 Å². The Morgan fingerprint density at radius 2 is 1.50 bits per heavy atom. The van der Waals surface area contributed by atoms with Crippen LogP contribution in [0.3, 0.4) is 0 Å². The van der Waals surface area contributed by atoms with Crippen LogP contribution >= 0.6 is 15.9 Å². The van der Waals surface area contributed by atoms with Crippen molar-refractivity contribution in [3.05, 3.63) is 58.6 Å². The van der Waals surface area contributed by atoms with Gasteiger partial charge in [-0.15, -0.1) is 0 Å². The Hall–Kier alpha value is -1.73. The predicted octanol–water partition coefficient (Wildman–Crippen LogP) is 3.02. The molecule has 6 heteroatoms. The first-order valence-electron chi connectivity index (χ1n) is 7.66. The molecule has 5 nitrogen and oxygen atoms in total. The lowest BCUT2D eigenvalue weighted by molar-refractivity contribution is -0.134. The maximum atomic E-state index is 11.6. The van der Waals surface area contributed by atoms with Crippen LogP contribution in [-0.2, 0) is 4.79 Å². The van der Waals surface area contributed by atoms with Gasteiger partial charge in [-0.2, -0.15) is 0 Å². The molecular formula is C18H21BrN2O3. The second-order valence-electron chi connectivity index (χ2n) is 5.71. The molecule has 0 aliphatic heterocycles. The molecule has 24 heavy (non-hydrogen) atoms. The lowest BCUT2D eigenvalue weighted by Crippen LogP contribution is -2.50. The van der Waals surface area contributed by atoms with E-state index in [2.05, 4.69) is 21.2 Å². The number of carbonyl (C=O) groups excluding carboxylic acids is 1. The molecular weight excluding hydrogens is 372 g/mol. The third kappa shape index (κ3) is 4.64. The van der Waals surface area contributed by atoms with E-state index in [0.717, 1.165) is 21.2 Å². The second kappa shape index (κ2) is 8.39. The molecule has 0 saturated carbocycles. The predicted molar refractivity (Wildman–Crippen MR) is 96.5 cm³/mol. The number of carbonyl (C=O) groups is 1. The molecule has 2 aromatic rings. The van der Waals surface area contributed by atoms with Crippen LogP contribution in [-0.4, -0.2) is 28.4 Å². The lowest BCUT2D eigenvalue weighted by atomic mass is 10.0. The summed E-state index contributed by atoms with van der Waals surface area (Å²) < 4.78 is 1.03. The molecule has 0 saturated heterocycles. The van der Waals surface area contributed by atoms with Crippen LogP contribution in [0, 0.1) is 0 Å². The van der Waals surface area contributed by atoms with Crippen LogP contribution in [0.25, 0.3) is 11.1 Å². The van der Waals surface area contributed by atoms with Crippen molar-refractivity contribution in [2.24, 2.45) is 0 Å². The summed E-state index contributed by atoms with van der Waals surface area (Å²) in [5, 5.41) is 21.5. The third-order valence-electron chi connectivity index (χ3n) is 3.89. The van der Waals surface area contributed by atoms with Crippen molar-refractivity contribution in [3.63, 3.8) is 0 Å². The Bertz CT molecular complexity index is 672. The largest absolute Gasteiger partial charge is 0.391 e. The maximum Gasteiger partial charge on any atom is 0.263 e. The van der Waals surface area contributed by atoms with Gasteiger partial charge in [-0.1, -0.05) is 52.3 Å². The molecule has 0 spiro atoms. The third-order valence-corrected chi connectivity index (χ3v) is 4.42. The van der Waals surface area contributed by atoms with Gasteiger partial charge in [-0.3, -0.25) is 15.3 Å². The monoisotopic (exact) mass is 392 g/mol. The molecule has 128 valence electrons. The Morgan fingerprint density at radius 3 is 1.96 bits per heavy atom. The van der Waals surface area contributed by atoms with E-state index in [1.807, 2.05) is 55.5 Å². The highest BCUT2D eigenvalue weighted by Crippen LogP contribution is 2.24. The zero-order chi connectivity index (χ0) is 17.7. The number of benzene rings is 2. The smallest absolute Gasteiger partial charge is 0.263 e. The average Bonchev–Trinajstić information content (AvgIpc) is 2.59. The SMILES string of the molecule is CC(N[C@H](C(=O)NO)[C@@H](C)O)c1ccc(-c2ccc(Br)cc2)cc1. The zero-order valence-electron chi connectivity index (χ0n) is 13.5. The Morgan fingerprint density at radius 1 is 1.00 bits per heavy atom. The molecule has 0 heterocycles. The van der Waals surface area contributed by atoms with E-state index in [9.17, 15) is 9.90 Å². The molecule has 1 unspecified atom stereocenters. The number of nitrogens with one attached hydrogen (secondary N) is 2. The first-order chi connectivity index (χ1) is 11.4. The molecule has 0 fully saturated rings. The standard InChI is InChI=1S/C18H21BrN2O3/c1-11(20-17(12(2)22)18(23)21-24)13-3-5-14(6-4-13)15-7-9-16(19)10-8-15/h3-12,17,20,22,24H,1-2H3,(H,21,23)/t11?,12-,17+/m1/s1. The van der Waals surface area contributed by atoms with Gasteiger partial charge < -0.3 is 5.11 Å². The number of amides is 1. The molecule has 0 aliphatic rings. The van der Waals surface area contributed by atoms with Crippen LogP contribution < -0.4 is 10.8 Å². The van der Waals surface area contributed by atoms with Crippen LogP contribution in [0.2, 0.25) is 0 Å². The van der Waals surface area contributed by atoms with E-state index < -0.39 is 18.1 Å². The van der Waals surface area contributed by atoms with E-state index in [0.29, 0.717) is 0 Å². The highest BCUT2D eigenvalue weighted by Gasteiger charge is 2.25. The minimum absolute atomic E-state index is 0.166. The van der Waals surface area contributed by atoms with Gasteiger partial charge in [0.15, 0.2) is 0 Å². The van der Waals surface area contributed by atoms with Gasteiger partial charge in [0.2, 0.25) is 0 Å². The minimum Gasteiger partial charge on any atom is -0.391 e. The molecule has 2 rings (SSSR count). The summed E-state index contributed by atoms with van der Waals surface area (Å²) in [5.41, 5.74) is 4.77.